The van der Waals surface area contributed by atoms with Gasteiger partial charge in [-0.15, -0.1) is 0 Å². The normalized spacial score (nSPS) is 16.2. The molecule has 1 atom stereocenters. The zero-order chi connectivity index (χ0) is 13.2. The van der Waals surface area contributed by atoms with E-state index < -0.39 is 12.0 Å². The maximum Gasteiger partial charge on any atom is 0.326 e. The van der Waals surface area contributed by atoms with Gasteiger partial charge in [0.2, 0.25) is 11.8 Å². The molecule has 1 saturated carbocycles. The van der Waals surface area contributed by atoms with Crippen LogP contribution < -0.4 is 0 Å². The van der Waals surface area contributed by atoms with Crippen molar-refractivity contribution >= 4 is 17.8 Å². The summed E-state index contributed by atoms with van der Waals surface area (Å²) in [5.74, 6) is -1.53. The Morgan fingerprint density at radius 2 is 1.88 bits per heavy atom. The molecule has 0 spiro atoms. The number of rotatable bonds is 5. The highest BCUT2D eigenvalue weighted by Gasteiger charge is 2.38. The lowest BCUT2D eigenvalue weighted by atomic mass is 10.2. The van der Waals surface area contributed by atoms with Gasteiger partial charge in [0.1, 0.15) is 6.04 Å². The predicted octanol–water partition coefficient (Wildman–Crippen LogP) is -0.0712. The molecular weight excluding hydrogens is 224 g/mol. The first-order chi connectivity index (χ1) is 7.84. The van der Waals surface area contributed by atoms with E-state index in [1.165, 1.54) is 30.7 Å². The molecule has 0 aliphatic heterocycles. The molecule has 6 nitrogen and oxygen atoms in total. The van der Waals surface area contributed by atoms with Crippen LogP contribution in [-0.4, -0.2) is 58.4 Å². The van der Waals surface area contributed by atoms with Crippen molar-refractivity contribution in [2.75, 3.05) is 13.6 Å². The largest absolute Gasteiger partial charge is 0.480 e. The molecule has 0 aromatic heterocycles. The first kappa shape index (κ1) is 13.5. The van der Waals surface area contributed by atoms with Crippen LogP contribution >= 0.6 is 0 Å². The van der Waals surface area contributed by atoms with Gasteiger partial charge in [-0.1, -0.05) is 0 Å². The Labute approximate surface area is 100 Å². The van der Waals surface area contributed by atoms with Crippen LogP contribution in [0, 0.1) is 0 Å². The summed E-state index contributed by atoms with van der Waals surface area (Å²) in [6.07, 6.45) is 1.68. The van der Waals surface area contributed by atoms with Crippen molar-refractivity contribution in [3.8, 4) is 0 Å². The number of amides is 2. The lowest BCUT2D eigenvalue weighted by molar-refractivity contribution is -0.151. The molecule has 1 aliphatic carbocycles. The maximum absolute atomic E-state index is 12.0. The van der Waals surface area contributed by atoms with Crippen molar-refractivity contribution in [1.82, 2.24) is 9.80 Å². The second-order valence-corrected chi connectivity index (χ2v) is 4.42. The molecule has 2 amide bonds. The van der Waals surface area contributed by atoms with Gasteiger partial charge in [-0.25, -0.2) is 4.79 Å². The summed E-state index contributed by atoms with van der Waals surface area (Å²) in [6.45, 7) is 2.80. The number of hydrogen-bond donors (Lipinski definition) is 1. The van der Waals surface area contributed by atoms with Gasteiger partial charge in [0.25, 0.3) is 0 Å². The van der Waals surface area contributed by atoms with Crippen LogP contribution in [0.25, 0.3) is 0 Å². The molecule has 1 rings (SSSR count). The Hall–Kier alpha value is -1.59. The third-order valence-electron chi connectivity index (χ3n) is 2.91. The van der Waals surface area contributed by atoms with Gasteiger partial charge >= 0.3 is 5.97 Å². The van der Waals surface area contributed by atoms with Crippen LogP contribution in [0.4, 0.5) is 0 Å². The van der Waals surface area contributed by atoms with Gasteiger partial charge in [0.15, 0.2) is 0 Å². The minimum absolute atomic E-state index is 0.0222. The van der Waals surface area contributed by atoms with Crippen LogP contribution in [-0.2, 0) is 14.4 Å². The van der Waals surface area contributed by atoms with Gasteiger partial charge in [-0.2, -0.15) is 0 Å². The quantitative estimate of drug-likeness (QED) is 0.732. The third kappa shape index (κ3) is 3.44. The first-order valence-electron chi connectivity index (χ1n) is 5.60. The van der Waals surface area contributed by atoms with Gasteiger partial charge < -0.3 is 14.9 Å². The average Bonchev–Trinajstić information content (AvgIpc) is 3.01. The number of carbonyl (C=O) groups is 3. The lowest BCUT2D eigenvalue weighted by Crippen LogP contribution is -2.48. The molecule has 96 valence electrons. The summed E-state index contributed by atoms with van der Waals surface area (Å²) in [5, 5.41) is 8.95. The zero-order valence-corrected chi connectivity index (χ0v) is 10.3. The maximum atomic E-state index is 12.0. The lowest BCUT2D eigenvalue weighted by Gasteiger charge is -2.28. The SMILES string of the molecule is CC(=O)N(C)CC(=O)N(C1CC1)C(C)C(=O)O. The second-order valence-electron chi connectivity index (χ2n) is 4.42. The molecule has 0 saturated heterocycles. The van der Waals surface area contributed by atoms with Crippen molar-refractivity contribution in [3.05, 3.63) is 0 Å². The van der Waals surface area contributed by atoms with Gasteiger partial charge in [-0.05, 0) is 19.8 Å². The Kier molecular flexibility index (Phi) is 4.09. The number of aliphatic carboxylic acids is 1. The fourth-order valence-electron chi connectivity index (χ4n) is 1.60. The number of carboxylic acid groups (broad SMARTS) is 1. The van der Waals surface area contributed by atoms with Crippen molar-refractivity contribution in [3.63, 3.8) is 0 Å². The van der Waals surface area contributed by atoms with Crippen LogP contribution in [0.5, 0.6) is 0 Å². The summed E-state index contributed by atoms with van der Waals surface area (Å²) in [4.78, 5) is 36.6. The number of carbonyl (C=O) groups excluding carboxylic acids is 2. The molecule has 1 N–H and O–H groups in total. The van der Waals surface area contributed by atoms with E-state index in [9.17, 15) is 14.4 Å². The fourth-order valence-corrected chi connectivity index (χ4v) is 1.60. The van der Waals surface area contributed by atoms with E-state index in [1.807, 2.05) is 0 Å². The Morgan fingerprint density at radius 3 is 2.24 bits per heavy atom. The Bertz CT molecular complexity index is 338. The van der Waals surface area contributed by atoms with Gasteiger partial charge in [0, 0.05) is 20.0 Å². The van der Waals surface area contributed by atoms with Gasteiger partial charge in [-0.3, -0.25) is 9.59 Å². The van der Waals surface area contributed by atoms with Crippen molar-refractivity contribution in [2.24, 2.45) is 0 Å². The molecule has 0 heterocycles. The molecule has 0 aromatic rings. The van der Waals surface area contributed by atoms with E-state index >= 15 is 0 Å². The van der Waals surface area contributed by atoms with Crippen LogP contribution in [0.3, 0.4) is 0 Å². The van der Waals surface area contributed by atoms with E-state index in [0.717, 1.165) is 12.8 Å². The van der Waals surface area contributed by atoms with E-state index in [4.69, 9.17) is 5.11 Å². The van der Waals surface area contributed by atoms with Crippen LogP contribution in [0.1, 0.15) is 26.7 Å². The van der Waals surface area contributed by atoms with Crippen molar-refractivity contribution < 1.29 is 19.5 Å². The summed E-state index contributed by atoms with van der Waals surface area (Å²) < 4.78 is 0. The summed E-state index contributed by atoms with van der Waals surface area (Å²) >= 11 is 0. The number of hydrogen-bond acceptors (Lipinski definition) is 3. The Balaban J connectivity index is 2.67. The summed E-state index contributed by atoms with van der Waals surface area (Å²) in [6, 6.07) is -0.815. The molecule has 1 fully saturated rings. The highest BCUT2D eigenvalue weighted by atomic mass is 16.4. The monoisotopic (exact) mass is 242 g/mol. The highest BCUT2D eigenvalue weighted by molar-refractivity contribution is 5.87. The molecular formula is C11H18N2O4. The van der Waals surface area contributed by atoms with Gasteiger partial charge in [0.05, 0.1) is 6.54 Å². The van der Waals surface area contributed by atoms with E-state index in [-0.39, 0.29) is 24.4 Å². The van der Waals surface area contributed by atoms with E-state index in [1.54, 1.807) is 0 Å². The molecule has 1 aliphatic rings. The van der Waals surface area contributed by atoms with Crippen LogP contribution in [0.2, 0.25) is 0 Å². The molecule has 6 heteroatoms. The molecule has 0 radical (unpaired) electrons. The average molecular weight is 242 g/mol. The predicted molar refractivity (Wildman–Crippen MR) is 60.3 cm³/mol. The second kappa shape index (κ2) is 5.16. The minimum Gasteiger partial charge on any atom is -0.480 e. The third-order valence-corrected chi connectivity index (χ3v) is 2.91. The first-order valence-corrected chi connectivity index (χ1v) is 5.60. The zero-order valence-electron chi connectivity index (χ0n) is 10.3. The molecule has 1 unspecified atom stereocenters. The smallest absolute Gasteiger partial charge is 0.326 e. The summed E-state index contributed by atoms with van der Waals surface area (Å²) in [7, 11) is 1.52. The topological polar surface area (TPSA) is 77.9 Å². The minimum atomic E-state index is -1.02. The van der Waals surface area contributed by atoms with E-state index in [0.29, 0.717) is 0 Å². The number of carboxylic acids is 1. The Morgan fingerprint density at radius 1 is 1.35 bits per heavy atom. The summed E-state index contributed by atoms with van der Waals surface area (Å²) in [5.41, 5.74) is 0. The van der Waals surface area contributed by atoms with Crippen molar-refractivity contribution in [2.45, 2.75) is 38.8 Å². The molecule has 0 aromatic carbocycles. The van der Waals surface area contributed by atoms with Crippen LogP contribution in [0.15, 0.2) is 0 Å². The highest BCUT2D eigenvalue weighted by Crippen LogP contribution is 2.28. The van der Waals surface area contributed by atoms with Crippen molar-refractivity contribution in [1.29, 1.82) is 0 Å². The standard InChI is InChI=1S/C11H18N2O4/c1-7(11(16)17)13(9-4-5-9)10(15)6-12(3)8(2)14/h7,9H,4-6H2,1-3H3,(H,16,17). The fraction of sp³-hybridized carbons (Fsp3) is 0.727. The number of nitrogens with zero attached hydrogens (tertiary/aromatic N) is 2. The number of likely N-dealkylation sites (N-methyl/N-ethyl adjacent to an activating group) is 1. The molecule has 0 bridgehead atoms. The van der Waals surface area contributed by atoms with E-state index in [2.05, 4.69) is 0 Å². The molecule has 17 heavy (non-hydrogen) atoms.